The Kier molecular flexibility index (Phi) is 11.8. The molecule has 0 radical (unpaired) electrons. The number of alkyl halides is 2. The normalized spacial score (nSPS) is 18.3. The van der Waals surface area contributed by atoms with Crippen molar-refractivity contribution in [3.8, 4) is 5.75 Å². The third kappa shape index (κ3) is 8.44. The highest BCUT2D eigenvalue weighted by atomic mass is 32.2. The van der Waals surface area contributed by atoms with Crippen LogP contribution in [0.2, 0.25) is 0 Å². The van der Waals surface area contributed by atoms with Crippen LogP contribution in [0.5, 0.6) is 5.75 Å². The van der Waals surface area contributed by atoms with E-state index >= 15 is 8.78 Å². The van der Waals surface area contributed by atoms with E-state index in [1.165, 1.54) is 12.1 Å². The first kappa shape index (κ1) is 35.1. The van der Waals surface area contributed by atoms with E-state index in [4.69, 9.17) is 20.9 Å². The van der Waals surface area contributed by atoms with Gasteiger partial charge >= 0.3 is 6.09 Å². The van der Waals surface area contributed by atoms with Crippen LogP contribution in [0.4, 0.5) is 25.1 Å². The van der Waals surface area contributed by atoms with Crippen LogP contribution in [0.15, 0.2) is 35.2 Å². The lowest BCUT2D eigenvalue weighted by Gasteiger charge is -2.38. The molecule has 3 fully saturated rings. The molecule has 0 unspecified atom stereocenters. The molecule has 1 aromatic heterocycles. The summed E-state index contributed by atoms with van der Waals surface area (Å²) in [7, 11) is 1.58. The Morgan fingerprint density at radius 2 is 1.77 bits per heavy atom. The van der Waals surface area contributed by atoms with Gasteiger partial charge in [-0.1, -0.05) is 0 Å². The van der Waals surface area contributed by atoms with Crippen molar-refractivity contribution in [2.75, 3.05) is 102 Å². The van der Waals surface area contributed by atoms with Crippen LogP contribution in [-0.2, 0) is 15.5 Å². The number of piperidine rings is 1. The lowest BCUT2D eigenvalue weighted by Crippen LogP contribution is -2.47. The molecule has 0 saturated carbocycles. The van der Waals surface area contributed by atoms with Crippen molar-refractivity contribution < 1.29 is 27.8 Å². The number of aromatic nitrogens is 1. The number of nitrogens with two attached hydrogens (primary N) is 2. The largest absolute Gasteiger partial charge is 0.495 e. The van der Waals surface area contributed by atoms with Crippen LogP contribution in [-0.4, -0.2) is 123 Å². The van der Waals surface area contributed by atoms with E-state index in [0.717, 1.165) is 4.90 Å². The average molecular weight is 677 g/mol. The van der Waals surface area contributed by atoms with Crippen LogP contribution >= 0.6 is 11.9 Å². The molecule has 3 aliphatic heterocycles. The average Bonchev–Trinajstić information content (AvgIpc) is 3.50. The van der Waals surface area contributed by atoms with Gasteiger partial charge in [0.15, 0.2) is 0 Å². The number of pyridine rings is 1. The number of hydrogen-bond acceptors (Lipinski definition) is 11. The number of halogens is 2. The summed E-state index contributed by atoms with van der Waals surface area (Å²) < 4.78 is 44.8. The van der Waals surface area contributed by atoms with Crippen molar-refractivity contribution in [3.63, 3.8) is 0 Å². The summed E-state index contributed by atoms with van der Waals surface area (Å²) in [6.45, 7) is 8.05. The lowest BCUT2D eigenvalue weighted by molar-refractivity contribution is -0.138. The first-order valence-electron chi connectivity index (χ1n) is 16.2. The van der Waals surface area contributed by atoms with Crippen LogP contribution in [0.25, 0.3) is 0 Å². The number of aryl methyl sites for hydroxylation is 1. The molecule has 0 aliphatic carbocycles. The highest BCUT2D eigenvalue weighted by Gasteiger charge is 2.44. The molecule has 0 atom stereocenters. The zero-order valence-electron chi connectivity index (χ0n) is 27.2. The van der Waals surface area contributed by atoms with Crippen molar-refractivity contribution >= 4 is 35.5 Å². The van der Waals surface area contributed by atoms with E-state index in [9.17, 15) is 9.59 Å². The second kappa shape index (κ2) is 15.8. The number of likely N-dealkylation sites (tertiary alicyclic amines) is 1. The molecule has 5 rings (SSSR count). The van der Waals surface area contributed by atoms with Gasteiger partial charge in [-0.25, -0.2) is 22.9 Å². The third-order valence-electron chi connectivity index (χ3n) is 8.93. The smallest absolute Gasteiger partial charge is 0.414 e. The fourth-order valence-corrected chi connectivity index (χ4v) is 7.30. The first-order chi connectivity index (χ1) is 22.6. The predicted molar refractivity (Wildman–Crippen MR) is 178 cm³/mol. The van der Waals surface area contributed by atoms with Gasteiger partial charge in [-0.15, -0.1) is 0 Å². The third-order valence-corrected chi connectivity index (χ3v) is 10.0. The van der Waals surface area contributed by atoms with Crippen molar-refractivity contribution in [2.24, 2.45) is 17.4 Å². The van der Waals surface area contributed by atoms with Gasteiger partial charge in [-0.2, -0.15) is 0 Å². The number of benzene rings is 1. The minimum absolute atomic E-state index is 0.0206. The summed E-state index contributed by atoms with van der Waals surface area (Å²) in [6, 6.07) is 8.76. The molecule has 4 heterocycles. The molecule has 258 valence electrons. The van der Waals surface area contributed by atoms with Gasteiger partial charge in [-0.05, 0) is 62.0 Å². The zero-order valence-corrected chi connectivity index (χ0v) is 28.0. The maximum atomic E-state index is 16.0. The van der Waals surface area contributed by atoms with E-state index in [-0.39, 0.29) is 37.0 Å². The first-order valence-corrected chi connectivity index (χ1v) is 17.0. The minimum atomic E-state index is -3.04. The standard InChI is InChI=1S/C32H46F2N8O4S/c1-23-19-25(32(33,34)24-5-9-40(10-6-24)30(43)22-38(11-7-35)12-8-36)20-29(37-23)39-13-15-41(16-14-39)47-26-3-4-27(28(21-26)45-2)42-17-18-46-31(42)44/h3-4,19-21,24H,5-18,22,35-36H2,1-2H3. The Balaban J connectivity index is 1.16. The van der Waals surface area contributed by atoms with Crippen LogP contribution in [0.1, 0.15) is 24.1 Å². The van der Waals surface area contributed by atoms with E-state index in [1.807, 2.05) is 23.1 Å². The number of rotatable bonds is 13. The minimum Gasteiger partial charge on any atom is -0.495 e. The van der Waals surface area contributed by atoms with Crippen molar-refractivity contribution in [1.82, 2.24) is 19.1 Å². The number of carbonyl (C=O) groups is 2. The summed E-state index contributed by atoms with van der Waals surface area (Å²) in [5, 5.41) is 0. The van der Waals surface area contributed by atoms with Gasteiger partial charge in [0.2, 0.25) is 5.91 Å². The number of anilines is 2. The fourth-order valence-electron chi connectivity index (χ4n) is 6.37. The predicted octanol–water partition coefficient (Wildman–Crippen LogP) is 2.73. The molecule has 2 aromatic rings. The van der Waals surface area contributed by atoms with Gasteiger partial charge in [0.25, 0.3) is 5.92 Å². The van der Waals surface area contributed by atoms with E-state index in [2.05, 4.69) is 14.2 Å². The number of amides is 2. The molecule has 0 bridgehead atoms. The summed E-state index contributed by atoms with van der Waals surface area (Å²) in [4.78, 5) is 37.7. The quantitative estimate of drug-likeness (QED) is 0.304. The Hall–Kier alpha value is -3.24. The number of cyclic esters (lactones) is 1. The number of methoxy groups -OCH3 is 1. The van der Waals surface area contributed by atoms with Crippen LogP contribution in [0.3, 0.4) is 0 Å². The number of ether oxygens (including phenoxy) is 2. The second-order valence-electron chi connectivity index (χ2n) is 12.1. The van der Waals surface area contributed by atoms with Crippen molar-refractivity contribution in [2.45, 2.75) is 30.6 Å². The Bertz CT molecular complexity index is 1380. The molecule has 12 nitrogen and oxygen atoms in total. The molecular formula is C32H46F2N8O4S. The second-order valence-corrected chi connectivity index (χ2v) is 13.3. The van der Waals surface area contributed by atoms with Crippen molar-refractivity contribution in [3.05, 3.63) is 41.6 Å². The lowest BCUT2D eigenvalue weighted by atomic mass is 9.86. The van der Waals surface area contributed by atoms with E-state index in [1.54, 1.807) is 35.8 Å². The summed E-state index contributed by atoms with van der Waals surface area (Å²) in [5.74, 6) is -2.83. The van der Waals surface area contributed by atoms with Gasteiger partial charge in [0.05, 0.1) is 25.9 Å². The number of hydrogen-bond donors (Lipinski definition) is 2. The molecule has 47 heavy (non-hydrogen) atoms. The molecule has 15 heteroatoms. The van der Waals surface area contributed by atoms with Gasteiger partial charge in [0, 0.05) is 87.5 Å². The maximum Gasteiger partial charge on any atom is 0.414 e. The SMILES string of the molecule is COc1cc(SN2CCN(c3cc(C(F)(F)C4CCN(C(=O)CN(CCN)CCN)CC4)cc(C)n3)CC2)ccc1N1CCOC1=O. The van der Waals surface area contributed by atoms with Gasteiger partial charge < -0.3 is 30.7 Å². The summed E-state index contributed by atoms with van der Waals surface area (Å²) in [6.07, 6.45) is 0.0765. The molecule has 3 saturated heterocycles. The number of nitrogens with zero attached hydrogens (tertiary/aromatic N) is 6. The Morgan fingerprint density at radius 3 is 2.38 bits per heavy atom. The van der Waals surface area contributed by atoms with Gasteiger partial charge in [0.1, 0.15) is 18.2 Å². The molecule has 1 aromatic carbocycles. The van der Waals surface area contributed by atoms with E-state index < -0.39 is 11.8 Å². The molecule has 0 spiro atoms. The van der Waals surface area contributed by atoms with Crippen molar-refractivity contribution in [1.29, 1.82) is 0 Å². The summed E-state index contributed by atoms with van der Waals surface area (Å²) >= 11 is 1.59. The monoisotopic (exact) mass is 676 g/mol. The molecule has 3 aliphatic rings. The molecule has 2 amide bonds. The summed E-state index contributed by atoms with van der Waals surface area (Å²) in [5.41, 5.74) is 12.5. The van der Waals surface area contributed by atoms with Crippen LogP contribution < -0.4 is 26.0 Å². The molecule has 4 N–H and O–H groups in total. The fraction of sp³-hybridized carbons (Fsp3) is 0.594. The Labute approximate surface area is 279 Å². The molecular weight excluding hydrogens is 630 g/mol. The number of piperazine rings is 1. The highest BCUT2D eigenvalue weighted by Crippen LogP contribution is 2.43. The maximum absolute atomic E-state index is 16.0. The van der Waals surface area contributed by atoms with Gasteiger partial charge in [-0.3, -0.25) is 14.6 Å². The van der Waals surface area contributed by atoms with Crippen LogP contribution in [0, 0.1) is 12.8 Å². The Morgan fingerprint density at radius 1 is 1.06 bits per heavy atom. The zero-order chi connectivity index (χ0) is 33.6. The number of carbonyl (C=O) groups excluding carboxylic acids is 2. The topological polar surface area (TPSA) is 134 Å². The van der Waals surface area contributed by atoms with E-state index in [0.29, 0.717) is 102 Å². The highest BCUT2D eigenvalue weighted by molar-refractivity contribution is 7.97.